The normalized spacial score (nSPS) is 17.3. The zero-order valence-corrected chi connectivity index (χ0v) is 10.4. The molecule has 0 atom stereocenters. The van der Waals surface area contributed by atoms with Gasteiger partial charge in [-0.15, -0.1) is 0 Å². The number of benzene rings is 1. The van der Waals surface area contributed by atoms with E-state index in [2.05, 4.69) is 5.32 Å². The van der Waals surface area contributed by atoms with Crippen molar-refractivity contribution in [3.63, 3.8) is 0 Å². The lowest BCUT2D eigenvalue weighted by Crippen LogP contribution is -2.28. The molecule has 94 valence electrons. The van der Waals surface area contributed by atoms with Crippen molar-refractivity contribution in [1.82, 2.24) is 4.31 Å². The molecule has 1 aromatic rings. The van der Waals surface area contributed by atoms with E-state index in [9.17, 15) is 12.8 Å². The molecule has 1 aliphatic rings. The second kappa shape index (κ2) is 4.62. The Kier molecular flexibility index (Phi) is 3.35. The van der Waals surface area contributed by atoms with E-state index in [-0.39, 0.29) is 4.90 Å². The van der Waals surface area contributed by atoms with Crippen LogP contribution < -0.4 is 5.32 Å². The maximum atomic E-state index is 13.2. The van der Waals surface area contributed by atoms with Gasteiger partial charge in [-0.1, -0.05) is 0 Å². The summed E-state index contributed by atoms with van der Waals surface area (Å²) in [5.74, 6) is -0.540. The molecule has 1 N–H and O–H groups in total. The van der Waals surface area contributed by atoms with Crippen LogP contribution in [0.15, 0.2) is 23.1 Å². The molecule has 0 radical (unpaired) electrons. The Balaban J connectivity index is 2.47. The zero-order valence-electron chi connectivity index (χ0n) is 9.61. The van der Waals surface area contributed by atoms with Crippen LogP contribution in [0, 0.1) is 5.82 Å². The van der Waals surface area contributed by atoms with Crippen LogP contribution in [-0.4, -0.2) is 32.9 Å². The SMILES string of the molecule is CNc1ccc(F)cc1S(=O)(=O)N1CCCC1. The molecule has 2 rings (SSSR count). The summed E-state index contributed by atoms with van der Waals surface area (Å²) in [6, 6.07) is 3.76. The van der Waals surface area contributed by atoms with Gasteiger partial charge in [0.1, 0.15) is 10.7 Å². The van der Waals surface area contributed by atoms with Gasteiger partial charge in [-0.05, 0) is 31.0 Å². The fraction of sp³-hybridized carbons (Fsp3) is 0.455. The van der Waals surface area contributed by atoms with Crippen molar-refractivity contribution in [2.24, 2.45) is 0 Å². The number of halogens is 1. The van der Waals surface area contributed by atoms with Gasteiger partial charge in [-0.2, -0.15) is 4.31 Å². The van der Waals surface area contributed by atoms with E-state index in [0.717, 1.165) is 18.9 Å². The van der Waals surface area contributed by atoms with E-state index >= 15 is 0 Å². The van der Waals surface area contributed by atoms with E-state index in [1.807, 2.05) is 0 Å². The van der Waals surface area contributed by atoms with E-state index in [0.29, 0.717) is 18.8 Å². The van der Waals surface area contributed by atoms with Crippen LogP contribution in [0.25, 0.3) is 0 Å². The van der Waals surface area contributed by atoms with Gasteiger partial charge in [-0.25, -0.2) is 12.8 Å². The first-order valence-electron chi connectivity index (χ1n) is 5.53. The molecule has 0 aliphatic carbocycles. The summed E-state index contributed by atoms with van der Waals surface area (Å²) in [4.78, 5) is 0.0156. The average Bonchev–Trinajstić information content (AvgIpc) is 2.83. The first-order chi connectivity index (χ1) is 8.05. The highest BCUT2D eigenvalue weighted by Crippen LogP contribution is 2.27. The van der Waals surface area contributed by atoms with Gasteiger partial charge >= 0.3 is 0 Å². The van der Waals surface area contributed by atoms with E-state index < -0.39 is 15.8 Å². The summed E-state index contributed by atoms with van der Waals surface area (Å²) in [5.41, 5.74) is 0.429. The largest absolute Gasteiger partial charge is 0.387 e. The third-order valence-corrected chi connectivity index (χ3v) is 4.83. The summed E-state index contributed by atoms with van der Waals surface area (Å²) < 4.78 is 39.2. The van der Waals surface area contributed by atoms with Gasteiger partial charge in [0.2, 0.25) is 10.0 Å². The lowest BCUT2D eigenvalue weighted by atomic mass is 10.3. The van der Waals surface area contributed by atoms with E-state index in [4.69, 9.17) is 0 Å². The number of rotatable bonds is 3. The minimum absolute atomic E-state index is 0.0156. The molecular formula is C11H15FN2O2S. The number of hydrogen-bond donors (Lipinski definition) is 1. The number of nitrogens with one attached hydrogen (secondary N) is 1. The Labute approximate surface area is 100 Å². The summed E-state index contributed by atoms with van der Waals surface area (Å²) in [6.07, 6.45) is 1.73. The van der Waals surface area contributed by atoms with Gasteiger partial charge in [0, 0.05) is 20.1 Å². The van der Waals surface area contributed by atoms with Crippen molar-refractivity contribution in [1.29, 1.82) is 0 Å². The Morgan fingerprint density at radius 1 is 1.29 bits per heavy atom. The number of nitrogens with zero attached hydrogens (tertiary/aromatic N) is 1. The molecule has 0 spiro atoms. The van der Waals surface area contributed by atoms with Crippen molar-refractivity contribution in [3.8, 4) is 0 Å². The standard InChI is InChI=1S/C11H15FN2O2S/c1-13-10-5-4-9(12)8-11(10)17(15,16)14-6-2-3-7-14/h4-5,8,13H,2-3,6-7H2,1H3. The van der Waals surface area contributed by atoms with Crippen LogP contribution in [-0.2, 0) is 10.0 Å². The smallest absolute Gasteiger partial charge is 0.245 e. The van der Waals surface area contributed by atoms with Crippen molar-refractivity contribution in [2.45, 2.75) is 17.7 Å². The number of sulfonamides is 1. The Morgan fingerprint density at radius 3 is 2.53 bits per heavy atom. The fourth-order valence-electron chi connectivity index (χ4n) is 1.98. The van der Waals surface area contributed by atoms with Crippen LogP contribution >= 0.6 is 0 Å². The van der Waals surface area contributed by atoms with Gasteiger partial charge in [-0.3, -0.25) is 0 Å². The van der Waals surface area contributed by atoms with Crippen molar-refractivity contribution in [3.05, 3.63) is 24.0 Å². The monoisotopic (exact) mass is 258 g/mol. The zero-order chi connectivity index (χ0) is 12.5. The molecule has 0 bridgehead atoms. The number of anilines is 1. The topological polar surface area (TPSA) is 49.4 Å². The molecule has 6 heteroatoms. The molecule has 1 aliphatic heterocycles. The van der Waals surface area contributed by atoms with Gasteiger partial charge < -0.3 is 5.32 Å². The Hall–Kier alpha value is -1.14. The molecule has 17 heavy (non-hydrogen) atoms. The minimum Gasteiger partial charge on any atom is -0.387 e. The molecule has 0 saturated carbocycles. The highest BCUT2D eigenvalue weighted by atomic mass is 32.2. The molecule has 1 aromatic carbocycles. The predicted octanol–water partition coefficient (Wildman–Crippen LogP) is 1.65. The van der Waals surface area contributed by atoms with Gasteiger partial charge in [0.15, 0.2) is 0 Å². The lowest BCUT2D eigenvalue weighted by Gasteiger charge is -2.17. The lowest BCUT2D eigenvalue weighted by molar-refractivity contribution is 0.477. The quantitative estimate of drug-likeness (QED) is 0.897. The third kappa shape index (κ3) is 2.28. The molecule has 1 saturated heterocycles. The Bertz CT molecular complexity index is 510. The Morgan fingerprint density at radius 2 is 1.94 bits per heavy atom. The maximum absolute atomic E-state index is 13.2. The predicted molar refractivity (Wildman–Crippen MR) is 63.9 cm³/mol. The first-order valence-corrected chi connectivity index (χ1v) is 6.97. The molecule has 0 amide bonds. The molecule has 4 nitrogen and oxygen atoms in total. The highest BCUT2D eigenvalue weighted by molar-refractivity contribution is 7.89. The second-order valence-corrected chi connectivity index (χ2v) is 5.91. The molecule has 1 fully saturated rings. The molecule has 0 unspecified atom stereocenters. The van der Waals surface area contributed by atoms with Crippen molar-refractivity contribution >= 4 is 15.7 Å². The van der Waals surface area contributed by atoms with Crippen LogP contribution in [0.2, 0.25) is 0 Å². The molecular weight excluding hydrogens is 243 g/mol. The number of hydrogen-bond acceptors (Lipinski definition) is 3. The van der Waals surface area contributed by atoms with Crippen molar-refractivity contribution < 1.29 is 12.8 Å². The molecule has 0 aromatic heterocycles. The van der Waals surface area contributed by atoms with Gasteiger partial charge in [0.05, 0.1) is 5.69 Å². The van der Waals surface area contributed by atoms with Gasteiger partial charge in [0.25, 0.3) is 0 Å². The van der Waals surface area contributed by atoms with Crippen LogP contribution in [0.5, 0.6) is 0 Å². The van der Waals surface area contributed by atoms with E-state index in [1.165, 1.54) is 16.4 Å². The van der Waals surface area contributed by atoms with E-state index in [1.54, 1.807) is 7.05 Å². The molecule has 1 heterocycles. The summed E-state index contributed by atoms with van der Waals surface area (Å²) in [6.45, 7) is 1.03. The second-order valence-electron chi connectivity index (χ2n) is 4.00. The fourth-order valence-corrected chi connectivity index (χ4v) is 3.71. The summed E-state index contributed by atoms with van der Waals surface area (Å²) in [5, 5.41) is 2.78. The summed E-state index contributed by atoms with van der Waals surface area (Å²) >= 11 is 0. The third-order valence-electron chi connectivity index (χ3n) is 2.90. The average molecular weight is 258 g/mol. The summed E-state index contributed by atoms with van der Waals surface area (Å²) in [7, 11) is -1.95. The van der Waals surface area contributed by atoms with Crippen LogP contribution in [0.3, 0.4) is 0 Å². The van der Waals surface area contributed by atoms with Crippen molar-refractivity contribution in [2.75, 3.05) is 25.5 Å². The first kappa shape index (κ1) is 12.3. The highest BCUT2D eigenvalue weighted by Gasteiger charge is 2.29. The van der Waals surface area contributed by atoms with Crippen LogP contribution in [0.1, 0.15) is 12.8 Å². The minimum atomic E-state index is -3.57. The van der Waals surface area contributed by atoms with Crippen LogP contribution in [0.4, 0.5) is 10.1 Å². The maximum Gasteiger partial charge on any atom is 0.245 e.